The van der Waals surface area contributed by atoms with Gasteiger partial charge >= 0.3 is 0 Å². The van der Waals surface area contributed by atoms with Crippen LogP contribution in [0.5, 0.6) is 11.5 Å². The lowest BCUT2D eigenvalue weighted by Gasteiger charge is -2.28. The van der Waals surface area contributed by atoms with Gasteiger partial charge in [0.05, 0.1) is 6.54 Å². The Morgan fingerprint density at radius 2 is 1.94 bits per heavy atom. The van der Waals surface area contributed by atoms with Crippen LogP contribution >= 0.6 is 0 Å². The smallest absolute Gasteiger partial charge is 0.257 e. The quantitative estimate of drug-likeness (QED) is 0.664. The Labute approximate surface area is 180 Å². The van der Waals surface area contributed by atoms with Gasteiger partial charge in [0.15, 0.2) is 23.0 Å². The summed E-state index contributed by atoms with van der Waals surface area (Å²) in [6.45, 7) is 4.92. The van der Waals surface area contributed by atoms with Gasteiger partial charge < -0.3 is 19.4 Å². The second-order valence-electron chi connectivity index (χ2n) is 7.55. The number of fused-ring (bicyclic) bond motifs is 1. The lowest BCUT2D eigenvalue weighted by atomic mass is 10.1. The zero-order valence-corrected chi connectivity index (χ0v) is 17.6. The molecule has 1 aromatic carbocycles. The Kier molecular flexibility index (Phi) is 6.02. The van der Waals surface area contributed by atoms with Crippen LogP contribution in [0.25, 0.3) is 0 Å². The van der Waals surface area contributed by atoms with Gasteiger partial charge in [0, 0.05) is 42.3 Å². The van der Waals surface area contributed by atoms with Crippen LogP contribution in [0.4, 0.5) is 0 Å². The van der Waals surface area contributed by atoms with E-state index in [0.29, 0.717) is 37.6 Å². The SMILES string of the molecule is Cc1cc(=O)c(C(=O)NCCc2ccccn2)c(C)n1C[C@@H]1COc2ccccc2O1. The van der Waals surface area contributed by atoms with Crippen molar-refractivity contribution in [1.29, 1.82) is 0 Å². The van der Waals surface area contributed by atoms with Crippen molar-refractivity contribution in [2.24, 2.45) is 0 Å². The molecule has 1 aliphatic rings. The van der Waals surface area contributed by atoms with Crippen LogP contribution in [-0.4, -0.2) is 34.7 Å². The van der Waals surface area contributed by atoms with Gasteiger partial charge in [0.2, 0.25) is 0 Å². The summed E-state index contributed by atoms with van der Waals surface area (Å²) in [5.74, 6) is 1.04. The Balaban J connectivity index is 1.49. The van der Waals surface area contributed by atoms with E-state index >= 15 is 0 Å². The molecule has 1 aliphatic heterocycles. The number of pyridine rings is 2. The van der Waals surface area contributed by atoms with Crippen molar-refractivity contribution in [2.45, 2.75) is 32.9 Å². The molecule has 2 aromatic heterocycles. The Hall–Kier alpha value is -3.61. The fourth-order valence-corrected chi connectivity index (χ4v) is 3.77. The average Bonchev–Trinajstić information content (AvgIpc) is 2.77. The van der Waals surface area contributed by atoms with Crippen molar-refractivity contribution >= 4 is 5.91 Å². The summed E-state index contributed by atoms with van der Waals surface area (Å²) in [5, 5.41) is 2.84. The van der Waals surface area contributed by atoms with Gasteiger partial charge in [0.1, 0.15) is 12.2 Å². The number of para-hydroxylation sites is 2. The topological polar surface area (TPSA) is 82.5 Å². The fourth-order valence-electron chi connectivity index (χ4n) is 3.77. The lowest BCUT2D eigenvalue weighted by molar-refractivity contribution is 0.0773. The summed E-state index contributed by atoms with van der Waals surface area (Å²) in [4.78, 5) is 29.6. The highest BCUT2D eigenvalue weighted by atomic mass is 16.6. The molecule has 0 fully saturated rings. The Bertz CT molecular complexity index is 1140. The van der Waals surface area contributed by atoms with Gasteiger partial charge in [-0.05, 0) is 38.1 Å². The number of amides is 1. The predicted octanol–water partition coefficient (Wildman–Crippen LogP) is 2.67. The van der Waals surface area contributed by atoms with E-state index < -0.39 is 0 Å². The first-order valence-electron chi connectivity index (χ1n) is 10.3. The number of aromatic nitrogens is 2. The molecule has 7 heteroatoms. The van der Waals surface area contributed by atoms with Crippen molar-refractivity contribution in [3.8, 4) is 11.5 Å². The molecular formula is C24H25N3O4. The van der Waals surface area contributed by atoms with Crippen molar-refractivity contribution in [3.63, 3.8) is 0 Å². The first-order chi connectivity index (χ1) is 15.0. The zero-order valence-electron chi connectivity index (χ0n) is 17.6. The molecule has 3 aromatic rings. The van der Waals surface area contributed by atoms with Gasteiger partial charge in [-0.2, -0.15) is 0 Å². The number of benzene rings is 1. The van der Waals surface area contributed by atoms with Crippen LogP contribution in [-0.2, 0) is 13.0 Å². The molecule has 0 spiro atoms. The van der Waals surface area contributed by atoms with E-state index in [0.717, 1.165) is 17.1 Å². The molecule has 1 atom stereocenters. The van der Waals surface area contributed by atoms with Crippen molar-refractivity contribution in [2.75, 3.05) is 13.2 Å². The molecule has 0 saturated carbocycles. The lowest BCUT2D eigenvalue weighted by Crippen LogP contribution is -2.37. The van der Waals surface area contributed by atoms with E-state index in [2.05, 4.69) is 10.3 Å². The van der Waals surface area contributed by atoms with E-state index in [1.165, 1.54) is 6.07 Å². The molecule has 1 N–H and O–H groups in total. The van der Waals surface area contributed by atoms with Crippen LogP contribution in [0.3, 0.4) is 0 Å². The van der Waals surface area contributed by atoms with E-state index in [9.17, 15) is 9.59 Å². The molecule has 4 rings (SSSR count). The molecule has 0 bridgehead atoms. The van der Waals surface area contributed by atoms with Crippen LogP contribution < -0.4 is 20.2 Å². The van der Waals surface area contributed by atoms with E-state index in [-0.39, 0.29) is 23.0 Å². The van der Waals surface area contributed by atoms with Crippen LogP contribution in [0, 0.1) is 13.8 Å². The number of aryl methyl sites for hydroxylation is 1. The molecule has 7 nitrogen and oxygen atoms in total. The average molecular weight is 419 g/mol. The monoisotopic (exact) mass is 419 g/mol. The maximum absolute atomic E-state index is 12.8. The van der Waals surface area contributed by atoms with Crippen LogP contribution in [0.15, 0.2) is 59.5 Å². The molecule has 3 heterocycles. The fraction of sp³-hybridized carbons (Fsp3) is 0.292. The first kappa shape index (κ1) is 20.7. The number of nitrogens with one attached hydrogen (secondary N) is 1. The maximum atomic E-state index is 12.8. The summed E-state index contributed by atoms with van der Waals surface area (Å²) in [6, 6.07) is 14.7. The highest BCUT2D eigenvalue weighted by molar-refractivity contribution is 5.95. The third kappa shape index (κ3) is 4.60. The largest absolute Gasteiger partial charge is 0.486 e. The molecule has 31 heavy (non-hydrogen) atoms. The Morgan fingerprint density at radius 3 is 2.71 bits per heavy atom. The van der Waals surface area contributed by atoms with Gasteiger partial charge in [-0.1, -0.05) is 18.2 Å². The standard InChI is InChI=1S/C24H25N3O4/c1-16-13-20(28)23(24(29)26-12-10-18-7-5-6-11-25-18)17(2)27(16)14-19-15-30-21-8-3-4-9-22(21)31-19/h3-9,11,13,19H,10,12,14-15H2,1-2H3,(H,26,29)/t19-/m1/s1. The minimum Gasteiger partial charge on any atom is -0.486 e. The molecule has 0 radical (unpaired) electrons. The highest BCUT2D eigenvalue weighted by Gasteiger charge is 2.24. The third-order valence-electron chi connectivity index (χ3n) is 5.35. The van der Waals surface area contributed by atoms with Gasteiger partial charge in [0.25, 0.3) is 5.91 Å². The predicted molar refractivity (Wildman–Crippen MR) is 117 cm³/mol. The van der Waals surface area contributed by atoms with Crippen molar-refractivity contribution < 1.29 is 14.3 Å². The molecule has 0 aliphatic carbocycles. The van der Waals surface area contributed by atoms with E-state index in [1.54, 1.807) is 13.1 Å². The molecule has 160 valence electrons. The molecule has 0 unspecified atom stereocenters. The second-order valence-corrected chi connectivity index (χ2v) is 7.55. The summed E-state index contributed by atoms with van der Waals surface area (Å²) < 4.78 is 13.8. The normalized spacial score (nSPS) is 14.8. The summed E-state index contributed by atoms with van der Waals surface area (Å²) in [6.07, 6.45) is 2.09. The minimum absolute atomic E-state index is 0.156. The number of carbonyl (C=O) groups excluding carboxylic acids is 1. The minimum atomic E-state index is -0.377. The molecular weight excluding hydrogens is 394 g/mol. The maximum Gasteiger partial charge on any atom is 0.257 e. The van der Waals surface area contributed by atoms with E-state index in [4.69, 9.17) is 9.47 Å². The second kappa shape index (κ2) is 9.04. The zero-order chi connectivity index (χ0) is 21.8. The summed E-state index contributed by atoms with van der Waals surface area (Å²) in [7, 11) is 0. The number of rotatable bonds is 6. The molecule has 1 amide bonds. The number of nitrogens with zero attached hydrogens (tertiary/aromatic N) is 2. The van der Waals surface area contributed by atoms with Crippen molar-refractivity contribution in [1.82, 2.24) is 14.9 Å². The molecule has 0 saturated heterocycles. The highest BCUT2D eigenvalue weighted by Crippen LogP contribution is 2.31. The van der Waals surface area contributed by atoms with Gasteiger partial charge in [-0.25, -0.2) is 0 Å². The Morgan fingerprint density at radius 1 is 1.16 bits per heavy atom. The number of carbonyl (C=O) groups is 1. The number of hydrogen-bond donors (Lipinski definition) is 1. The van der Waals surface area contributed by atoms with Crippen LogP contribution in [0.1, 0.15) is 27.4 Å². The third-order valence-corrected chi connectivity index (χ3v) is 5.35. The van der Waals surface area contributed by atoms with E-state index in [1.807, 2.05) is 54.0 Å². The van der Waals surface area contributed by atoms with Crippen molar-refractivity contribution in [3.05, 3.63) is 87.6 Å². The first-order valence-corrected chi connectivity index (χ1v) is 10.3. The van der Waals surface area contributed by atoms with Crippen LogP contribution in [0.2, 0.25) is 0 Å². The summed E-state index contributed by atoms with van der Waals surface area (Å²) in [5.41, 5.74) is 2.14. The summed E-state index contributed by atoms with van der Waals surface area (Å²) >= 11 is 0. The van der Waals surface area contributed by atoms with Gasteiger partial charge in [-0.15, -0.1) is 0 Å². The van der Waals surface area contributed by atoms with Gasteiger partial charge in [-0.3, -0.25) is 14.6 Å². The number of ether oxygens (including phenoxy) is 2. The number of hydrogen-bond acceptors (Lipinski definition) is 5.